The van der Waals surface area contributed by atoms with Crippen molar-refractivity contribution >= 4 is 23.5 Å². The molecule has 0 saturated heterocycles. The number of hydrogen-bond acceptors (Lipinski definition) is 6. The first-order valence-electron chi connectivity index (χ1n) is 15.0. The summed E-state index contributed by atoms with van der Waals surface area (Å²) in [5.74, 6) is 0.0466. The number of pyridine rings is 1. The van der Waals surface area contributed by atoms with Crippen molar-refractivity contribution in [1.29, 1.82) is 0 Å². The summed E-state index contributed by atoms with van der Waals surface area (Å²) in [7, 11) is 4.06. The number of halogens is 1. The van der Waals surface area contributed by atoms with Gasteiger partial charge in [-0.3, -0.25) is 4.79 Å². The first-order chi connectivity index (χ1) is 20.3. The lowest BCUT2D eigenvalue weighted by Gasteiger charge is -2.19. The van der Waals surface area contributed by atoms with E-state index in [2.05, 4.69) is 35.5 Å². The third-order valence-electron chi connectivity index (χ3n) is 8.12. The van der Waals surface area contributed by atoms with Gasteiger partial charge in [0.15, 0.2) is 0 Å². The fraction of sp³-hybridized carbons (Fsp3) is 0.441. The van der Waals surface area contributed by atoms with Crippen LogP contribution in [0.25, 0.3) is 22.4 Å². The fourth-order valence-corrected chi connectivity index (χ4v) is 5.69. The average Bonchev–Trinajstić information content (AvgIpc) is 3.85. The Hall–Kier alpha value is -3.42. The molecule has 0 aliphatic heterocycles. The van der Waals surface area contributed by atoms with E-state index in [1.807, 2.05) is 32.3 Å². The first kappa shape index (κ1) is 30.1. The standard InChI is InChI=1S/C34H40ClN3O4/c1-22-10-11-25(23-12-13-23)20-28(22)27-15-17-30(33(39)37-42-34(40)24-8-5-4-6-9-24)36-32(27)26-14-16-29(35)31(21-26)41-19-7-18-38(2)3/h10-11,14-17,20-21,23-24H,4-9,12-13,18-19H2,1-3H3,(H,37,39). The molecule has 0 radical (unpaired) electrons. The Balaban J connectivity index is 1.45. The van der Waals surface area contributed by atoms with Crippen LogP contribution in [0.5, 0.6) is 5.75 Å². The molecule has 0 atom stereocenters. The highest BCUT2D eigenvalue weighted by Crippen LogP contribution is 2.43. The lowest BCUT2D eigenvalue weighted by molar-refractivity contribution is -0.155. The Morgan fingerprint density at radius 1 is 0.976 bits per heavy atom. The van der Waals surface area contributed by atoms with Gasteiger partial charge in [0.25, 0.3) is 0 Å². The second-order valence-electron chi connectivity index (χ2n) is 11.8. The maximum atomic E-state index is 13.1. The Morgan fingerprint density at radius 3 is 2.50 bits per heavy atom. The van der Waals surface area contributed by atoms with Crippen LogP contribution >= 0.6 is 11.6 Å². The number of benzene rings is 2. The summed E-state index contributed by atoms with van der Waals surface area (Å²) < 4.78 is 6.05. The zero-order chi connectivity index (χ0) is 29.6. The van der Waals surface area contributed by atoms with Crippen LogP contribution in [0.4, 0.5) is 0 Å². The van der Waals surface area contributed by atoms with Gasteiger partial charge in [-0.2, -0.15) is 5.48 Å². The third kappa shape index (κ3) is 7.50. The molecule has 5 rings (SSSR count). The van der Waals surface area contributed by atoms with Gasteiger partial charge in [0, 0.05) is 17.7 Å². The van der Waals surface area contributed by atoms with Crippen molar-refractivity contribution in [3.63, 3.8) is 0 Å². The van der Waals surface area contributed by atoms with E-state index in [0.717, 1.165) is 67.3 Å². The number of aromatic nitrogens is 1. The Bertz CT molecular complexity index is 1430. The molecule has 1 amide bonds. The Kier molecular flexibility index (Phi) is 9.80. The van der Waals surface area contributed by atoms with E-state index < -0.39 is 5.91 Å². The van der Waals surface area contributed by atoms with Crippen molar-refractivity contribution in [2.45, 2.75) is 64.2 Å². The van der Waals surface area contributed by atoms with Gasteiger partial charge in [-0.15, -0.1) is 0 Å². The first-order valence-corrected chi connectivity index (χ1v) is 15.4. The smallest absolute Gasteiger partial charge is 0.335 e. The molecule has 0 bridgehead atoms. The van der Waals surface area contributed by atoms with E-state index in [9.17, 15) is 9.59 Å². The minimum absolute atomic E-state index is 0.157. The number of aryl methyl sites for hydroxylation is 1. The second kappa shape index (κ2) is 13.7. The highest BCUT2D eigenvalue weighted by molar-refractivity contribution is 6.32. The zero-order valence-corrected chi connectivity index (χ0v) is 25.5. The normalized spacial score (nSPS) is 15.5. The van der Waals surface area contributed by atoms with E-state index >= 15 is 0 Å². The number of carbonyl (C=O) groups excluding carboxylic acids is 2. The molecule has 2 fully saturated rings. The average molecular weight is 590 g/mol. The molecular weight excluding hydrogens is 550 g/mol. The van der Waals surface area contributed by atoms with Crippen molar-refractivity contribution < 1.29 is 19.2 Å². The molecule has 1 heterocycles. The maximum absolute atomic E-state index is 13.1. The molecule has 1 N–H and O–H groups in total. The minimum atomic E-state index is -0.565. The Labute approximate surface area is 253 Å². The van der Waals surface area contributed by atoms with Gasteiger partial charge in [-0.05, 0) is 100.0 Å². The van der Waals surface area contributed by atoms with Crippen LogP contribution < -0.4 is 10.2 Å². The van der Waals surface area contributed by atoms with Crippen LogP contribution in [0.2, 0.25) is 5.02 Å². The van der Waals surface area contributed by atoms with E-state index in [0.29, 0.717) is 29.0 Å². The molecule has 0 spiro atoms. The Morgan fingerprint density at radius 2 is 1.76 bits per heavy atom. The second-order valence-corrected chi connectivity index (χ2v) is 12.2. The van der Waals surface area contributed by atoms with Crippen LogP contribution in [-0.2, 0) is 9.63 Å². The van der Waals surface area contributed by atoms with Crippen LogP contribution in [0.3, 0.4) is 0 Å². The predicted octanol–water partition coefficient (Wildman–Crippen LogP) is 7.35. The molecule has 42 heavy (non-hydrogen) atoms. The number of hydrogen-bond donors (Lipinski definition) is 1. The maximum Gasteiger partial charge on any atom is 0.335 e. The van der Waals surface area contributed by atoms with E-state index in [1.165, 1.54) is 18.4 Å². The van der Waals surface area contributed by atoms with Crippen molar-refractivity contribution in [3.05, 3.63) is 70.4 Å². The molecule has 3 aromatic rings. The lowest BCUT2D eigenvalue weighted by Crippen LogP contribution is -2.31. The van der Waals surface area contributed by atoms with Crippen molar-refractivity contribution in [2.75, 3.05) is 27.2 Å². The summed E-state index contributed by atoms with van der Waals surface area (Å²) in [6.07, 6.45) is 8.00. The molecule has 8 heteroatoms. The number of nitrogens with one attached hydrogen (secondary N) is 1. The summed E-state index contributed by atoms with van der Waals surface area (Å²) in [5.41, 5.74) is 8.33. The summed E-state index contributed by atoms with van der Waals surface area (Å²) in [4.78, 5) is 37.8. The number of ether oxygens (including phenoxy) is 1. The zero-order valence-electron chi connectivity index (χ0n) is 24.7. The van der Waals surface area contributed by atoms with Gasteiger partial charge in [0.05, 0.1) is 23.2 Å². The third-order valence-corrected chi connectivity index (χ3v) is 8.44. The monoisotopic (exact) mass is 589 g/mol. The van der Waals surface area contributed by atoms with Gasteiger partial charge >= 0.3 is 11.9 Å². The fourth-order valence-electron chi connectivity index (χ4n) is 5.52. The number of nitrogens with zero attached hydrogens (tertiary/aromatic N) is 2. The quantitative estimate of drug-likeness (QED) is 0.197. The van der Waals surface area contributed by atoms with Gasteiger partial charge in [0.1, 0.15) is 11.4 Å². The molecule has 1 aromatic heterocycles. The van der Waals surface area contributed by atoms with Crippen LogP contribution in [-0.4, -0.2) is 49.0 Å². The van der Waals surface area contributed by atoms with Crippen LogP contribution in [0.15, 0.2) is 48.5 Å². The van der Waals surface area contributed by atoms with Gasteiger partial charge in [0.2, 0.25) is 0 Å². The number of carbonyl (C=O) groups is 2. The van der Waals surface area contributed by atoms with Crippen molar-refractivity contribution in [3.8, 4) is 28.1 Å². The molecule has 2 aliphatic rings. The van der Waals surface area contributed by atoms with Gasteiger partial charge in [-0.25, -0.2) is 9.78 Å². The topological polar surface area (TPSA) is 80.8 Å². The molecule has 2 aliphatic carbocycles. The molecule has 0 unspecified atom stereocenters. The highest BCUT2D eigenvalue weighted by atomic mass is 35.5. The molecule has 2 aromatic carbocycles. The minimum Gasteiger partial charge on any atom is -0.492 e. The number of hydroxylamine groups is 1. The molecule has 222 valence electrons. The van der Waals surface area contributed by atoms with Gasteiger partial charge in [-0.1, -0.05) is 55.1 Å². The summed E-state index contributed by atoms with van der Waals surface area (Å²) >= 11 is 6.52. The number of amides is 1. The highest BCUT2D eigenvalue weighted by Gasteiger charge is 2.26. The summed E-state index contributed by atoms with van der Waals surface area (Å²) in [6.45, 7) is 3.52. The van der Waals surface area contributed by atoms with Crippen LogP contribution in [0, 0.1) is 12.8 Å². The molecule has 7 nitrogen and oxygen atoms in total. The largest absolute Gasteiger partial charge is 0.492 e. The summed E-state index contributed by atoms with van der Waals surface area (Å²) in [6, 6.07) is 15.8. The summed E-state index contributed by atoms with van der Waals surface area (Å²) in [5, 5.41) is 0.514. The molecule has 2 saturated carbocycles. The SMILES string of the molecule is Cc1ccc(C2CC2)cc1-c1ccc(C(=O)NOC(=O)C2CCCCC2)nc1-c1ccc(Cl)c(OCCCN(C)C)c1. The number of rotatable bonds is 10. The van der Waals surface area contributed by atoms with Crippen molar-refractivity contribution in [1.82, 2.24) is 15.4 Å². The van der Waals surface area contributed by atoms with Gasteiger partial charge < -0.3 is 14.5 Å². The predicted molar refractivity (Wildman–Crippen MR) is 166 cm³/mol. The van der Waals surface area contributed by atoms with Crippen LogP contribution in [0.1, 0.15) is 78.9 Å². The van der Waals surface area contributed by atoms with E-state index in [1.54, 1.807) is 12.1 Å². The van der Waals surface area contributed by atoms with E-state index in [4.69, 9.17) is 26.2 Å². The lowest BCUT2D eigenvalue weighted by atomic mass is 9.89. The van der Waals surface area contributed by atoms with E-state index in [-0.39, 0.29) is 17.6 Å². The van der Waals surface area contributed by atoms with Crippen molar-refractivity contribution in [2.24, 2.45) is 5.92 Å². The molecular formula is C34H40ClN3O4.